The van der Waals surface area contributed by atoms with Gasteiger partial charge >= 0.3 is 0 Å². The van der Waals surface area contributed by atoms with Gasteiger partial charge in [0, 0.05) is 46.5 Å². The van der Waals surface area contributed by atoms with E-state index in [0.29, 0.717) is 34.8 Å². The smallest absolute Gasteiger partial charge is 0.107 e. The molecule has 138 valence electrons. The highest BCUT2D eigenvalue weighted by Crippen LogP contribution is 2.25. The lowest BCUT2D eigenvalue weighted by Gasteiger charge is -2.08. The van der Waals surface area contributed by atoms with E-state index in [1.807, 2.05) is 42.5 Å². The summed E-state index contributed by atoms with van der Waals surface area (Å²) in [4.78, 5) is 7.25. The molecule has 6 nitrogen and oxygen atoms in total. The molecule has 2 heterocycles. The van der Waals surface area contributed by atoms with Crippen molar-refractivity contribution in [2.24, 2.45) is 5.16 Å². The molecular weight excluding hydrogens is 350 g/mol. The second kappa shape index (κ2) is 7.36. The number of pyridine rings is 1. The molecule has 0 spiro atoms. The molecule has 6 heteroatoms. The van der Waals surface area contributed by atoms with E-state index in [1.54, 1.807) is 30.6 Å². The first-order valence-corrected chi connectivity index (χ1v) is 8.82. The summed E-state index contributed by atoms with van der Waals surface area (Å²) in [5.74, 6) is 0. The lowest BCUT2D eigenvalue weighted by atomic mass is 10.00. The van der Waals surface area contributed by atoms with Crippen molar-refractivity contribution in [3.05, 3.63) is 95.4 Å². The van der Waals surface area contributed by atoms with Crippen LogP contribution in [-0.2, 0) is 6.42 Å². The van der Waals surface area contributed by atoms with Crippen LogP contribution < -0.4 is 5.73 Å². The molecule has 4 aromatic rings. The Bertz CT molecular complexity index is 1160. The highest BCUT2D eigenvalue weighted by molar-refractivity contribution is 6.16. The van der Waals surface area contributed by atoms with Crippen molar-refractivity contribution in [3.63, 3.8) is 0 Å². The summed E-state index contributed by atoms with van der Waals surface area (Å²) in [7, 11) is 0. The van der Waals surface area contributed by atoms with Crippen molar-refractivity contribution < 1.29 is 5.21 Å². The minimum absolute atomic E-state index is 0.338. The second-order valence-corrected chi connectivity index (χ2v) is 6.53. The Hall–Kier alpha value is -3.93. The normalized spacial score (nSPS) is 11.6. The van der Waals surface area contributed by atoms with Gasteiger partial charge in [0.25, 0.3) is 0 Å². The summed E-state index contributed by atoms with van der Waals surface area (Å²) in [6, 6.07) is 19.0. The molecule has 0 unspecified atom stereocenters. The Labute approximate surface area is 161 Å². The summed E-state index contributed by atoms with van der Waals surface area (Å²) in [6.45, 7) is 0. The van der Waals surface area contributed by atoms with Crippen molar-refractivity contribution in [1.29, 1.82) is 5.41 Å². The molecule has 0 bridgehead atoms. The molecule has 0 aliphatic rings. The number of nitrogens with zero attached hydrogens (tertiary/aromatic N) is 2. The van der Waals surface area contributed by atoms with Crippen LogP contribution >= 0.6 is 0 Å². The fourth-order valence-corrected chi connectivity index (χ4v) is 3.22. The number of oxime groups is 1. The Morgan fingerprint density at radius 1 is 1.07 bits per heavy atom. The maximum atomic E-state index is 9.52. The number of anilines is 1. The third-order valence-electron chi connectivity index (χ3n) is 4.68. The molecule has 0 radical (unpaired) electrons. The molecule has 28 heavy (non-hydrogen) atoms. The van der Waals surface area contributed by atoms with Crippen molar-refractivity contribution in [2.75, 3.05) is 5.73 Å². The number of nitrogen functional groups attached to an aromatic ring is 1. The number of hydrogen-bond acceptors (Lipinski definition) is 5. The Morgan fingerprint density at radius 3 is 2.54 bits per heavy atom. The van der Waals surface area contributed by atoms with Gasteiger partial charge in [-0.25, -0.2) is 0 Å². The summed E-state index contributed by atoms with van der Waals surface area (Å²) in [5.41, 5.74) is 11.6. The van der Waals surface area contributed by atoms with Crippen LogP contribution in [0.15, 0.2) is 78.2 Å². The van der Waals surface area contributed by atoms with Crippen molar-refractivity contribution in [1.82, 2.24) is 9.97 Å². The number of nitrogens with one attached hydrogen (secondary N) is 2. The third-order valence-corrected chi connectivity index (χ3v) is 4.68. The third kappa shape index (κ3) is 3.35. The number of aromatic amines is 1. The number of H-pyrrole nitrogens is 1. The topological polar surface area (TPSA) is 111 Å². The molecule has 0 aliphatic heterocycles. The van der Waals surface area contributed by atoms with Crippen molar-refractivity contribution >= 4 is 28.0 Å². The van der Waals surface area contributed by atoms with E-state index >= 15 is 0 Å². The zero-order valence-corrected chi connectivity index (χ0v) is 15.1. The quantitative estimate of drug-likeness (QED) is 0.185. The van der Waals surface area contributed by atoms with Gasteiger partial charge in [-0.1, -0.05) is 35.5 Å². The van der Waals surface area contributed by atoms with E-state index in [9.17, 15) is 5.21 Å². The Morgan fingerprint density at radius 2 is 1.82 bits per heavy atom. The average Bonchev–Trinajstić information content (AvgIpc) is 3.14. The zero-order chi connectivity index (χ0) is 19.5. The predicted molar refractivity (Wildman–Crippen MR) is 111 cm³/mol. The largest absolute Gasteiger partial charge is 0.411 e. The molecule has 0 aliphatic carbocycles. The average molecular weight is 369 g/mol. The van der Waals surface area contributed by atoms with Crippen LogP contribution in [0.25, 0.3) is 10.9 Å². The summed E-state index contributed by atoms with van der Waals surface area (Å²) >= 11 is 0. The fourth-order valence-electron chi connectivity index (χ4n) is 3.22. The first kappa shape index (κ1) is 17.5. The second-order valence-electron chi connectivity index (χ2n) is 6.53. The first-order valence-electron chi connectivity index (χ1n) is 8.82. The number of nitrogens with two attached hydrogens (primary N) is 1. The highest BCUT2D eigenvalue weighted by Gasteiger charge is 2.14. The maximum Gasteiger partial charge on any atom is 0.107 e. The van der Waals surface area contributed by atoms with Gasteiger partial charge in [-0.15, -0.1) is 0 Å². The minimum Gasteiger partial charge on any atom is -0.411 e. The van der Waals surface area contributed by atoms with Crippen LogP contribution in [0.2, 0.25) is 0 Å². The van der Waals surface area contributed by atoms with Gasteiger partial charge in [0.05, 0.1) is 11.4 Å². The number of rotatable bonds is 5. The lowest BCUT2D eigenvalue weighted by molar-refractivity contribution is 0.318. The van der Waals surface area contributed by atoms with Gasteiger partial charge < -0.3 is 15.9 Å². The Balaban J connectivity index is 1.70. The minimum atomic E-state index is 0.338. The molecule has 0 fully saturated rings. The van der Waals surface area contributed by atoms with Gasteiger partial charge in [-0.05, 0) is 35.9 Å². The van der Waals surface area contributed by atoms with E-state index < -0.39 is 0 Å². The number of benzene rings is 2. The molecule has 2 aromatic carbocycles. The monoisotopic (exact) mass is 369 g/mol. The van der Waals surface area contributed by atoms with Gasteiger partial charge in [0.1, 0.15) is 5.71 Å². The van der Waals surface area contributed by atoms with Crippen LogP contribution in [0.5, 0.6) is 0 Å². The van der Waals surface area contributed by atoms with E-state index in [2.05, 4.69) is 15.1 Å². The SMILES string of the molecule is N=C(c1ccncc1)c1cc2cc(/C(Cc3ccccc3)=N\O)[nH]c2cc1N. The predicted octanol–water partition coefficient (Wildman–Crippen LogP) is 3.98. The molecule has 0 amide bonds. The van der Waals surface area contributed by atoms with Crippen LogP contribution in [0, 0.1) is 5.41 Å². The molecular formula is C22H19N5O. The molecule has 4 rings (SSSR count). The maximum absolute atomic E-state index is 9.52. The van der Waals surface area contributed by atoms with E-state index in [-0.39, 0.29) is 0 Å². The fraction of sp³-hybridized carbons (Fsp3) is 0.0455. The molecule has 2 aromatic heterocycles. The number of aromatic nitrogens is 2. The molecule has 0 saturated heterocycles. The van der Waals surface area contributed by atoms with Gasteiger partial charge in [0.2, 0.25) is 0 Å². The highest BCUT2D eigenvalue weighted by atomic mass is 16.4. The van der Waals surface area contributed by atoms with Crippen molar-refractivity contribution in [3.8, 4) is 0 Å². The zero-order valence-electron chi connectivity index (χ0n) is 15.1. The lowest BCUT2D eigenvalue weighted by Crippen LogP contribution is -2.05. The van der Waals surface area contributed by atoms with Gasteiger partial charge in [0.15, 0.2) is 0 Å². The first-order chi connectivity index (χ1) is 13.7. The number of fused-ring (bicyclic) bond motifs is 1. The molecule has 0 saturated carbocycles. The van der Waals surface area contributed by atoms with Crippen LogP contribution in [0.4, 0.5) is 5.69 Å². The molecule has 0 atom stereocenters. The van der Waals surface area contributed by atoms with E-state index in [1.165, 1.54) is 0 Å². The summed E-state index contributed by atoms with van der Waals surface area (Å²) in [6.07, 6.45) is 3.81. The van der Waals surface area contributed by atoms with Crippen LogP contribution in [0.1, 0.15) is 22.4 Å². The van der Waals surface area contributed by atoms with Crippen LogP contribution in [-0.4, -0.2) is 26.6 Å². The van der Waals surface area contributed by atoms with Crippen molar-refractivity contribution in [2.45, 2.75) is 6.42 Å². The van der Waals surface area contributed by atoms with Crippen LogP contribution in [0.3, 0.4) is 0 Å². The standard InChI is InChI=1S/C22H19N5O/c23-18-13-19-16(11-17(18)22(24)15-6-8-25-9-7-15)12-20(26-19)21(27-28)10-14-4-2-1-3-5-14/h1-9,11-13,24,26,28H,10,23H2/b24-22?,27-21-. The van der Waals surface area contributed by atoms with E-state index in [0.717, 1.165) is 22.0 Å². The van der Waals surface area contributed by atoms with Gasteiger partial charge in [-0.2, -0.15) is 0 Å². The van der Waals surface area contributed by atoms with E-state index in [4.69, 9.17) is 11.1 Å². The molecule has 5 N–H and O–H groups in total. The van der Waals surface area contributed by atoms with Gasteiger partial charge in [-0.3, -0.25) is 10.4 Å². The summed E-state index contributed by atoms with van der Waals surface area (Å²) < 4.78 is 0. The Kier molecular flexibility index (Phi) is 4.60. The number of hydrogen-bond donors (Lipinski definition) is 4. The summed E-state index contributed by atoms with van der Waals surface area (Å²) in [5, 5.41) is 22.4.